The minimum Gasteiger partial charge on any atom is -0.467 e. The summed E-state index contributed by atoms with van der Waals surface area (Å²) in [5, 5.41) is 6.86. The predicted octanol–water partition coefficient (Wildman–Crippen LogP) is 0.678. The Labute approximate surface area is 136 Å². The molecule has 0 saturated carbocycles. The van der Waals surface area contributed by atoms with Crippen LogP contribution in [-0.4, -0.2) is 67.3 Å². The highest BCUT2D eigenvalue weighted by atomic mass is 16.7. The van der Waals surface area contributed by atoms with Gasteiger partial charge in [-0.15, -0.1) is 0 Å². The summed E-state index contributed by atoms with van der Waals surface area (Å²) in [6, 6.07) is 3.63. The molecule has 23 heavy (non-hydrogen) atoms. The molecule has 0 aliphatic carbocycles. The van der Waals surface area contributed by atoms with Crippen LogP contribution in [-0.2, 0) is 16.2 Å². The zero-order valence-electron chi connectivity index (χ0n) is 13.7. The number of likely N-dealkylation sites (N-methyl/N-ethyl adjacent to an activating group) is 1. The third-order valence-corrected chi connectivity index (χ3v) is 4.36. The zero-order chi connectivity index (χ0) is 16.3. The molecule has 7 heteroatoms. The Balaban J connectivity index is 1.47. The third-order valence-electron chi connectivity index (χ3n) is 4.36. The van der Waals surface area contributed by atoms with E-state index in [1.54, 1.807) is 12.3 Å². The van der Waals surface area contributed by atoms with Crippen molar-refractivity contribution in [1.29, 1.82) is 0 Å². The first-order valence-corrected chi connectivity index (χ1v) is 7.99. The van der Waals surface area contributed by atoms with Crippen LogP contribution in [0.25, 0.3) is 0 Å². The molecule has 1 atom stereocenters. The van der Waals surface area contributed by atoms with Crippen molar-refractivity contribution in [3.8, 4) is 0 Å². The number of likely N-dealkylation sites (tertiary alicyclic amines) is 1. The summed E-state index contributed by atoms with van der Waals surface area (Å²) < 4.78 is 5.20. The van der Waals surface area contributed by atoms with E-state index in [1.165, 1.54) is 0 Å². The van der Waals surface area contributed by atoms with Gasteiger partial charge in [-0.1, -0.05) is 5.16 Å². The van der Waals surface area contributed by atoms with Crippen molar-refractivity contribution < 1.29 is 14.0 Å². The first kappa shape index (κ1) is 16.0. The summed E-state index contributed by atoms with van der Waals surface area (Å²) in [7, 11) is 4.14. The van der Waals surface area contributed by atoms with Crippen molar-refractivity contribution in [2.75, 3.05) is 40.3 Å². The van der Waals surface area contributed by atoms with Crippen molar-refractivity contribution >= 4 is 11.6 Å². The van der Waals surface area contributed by atoms with Crippen LogP contribution in [0.4, 0.5) is 0 Å². The largest absolute Gasteiger partial charge is 0.467 e. The molecule has 1 N–H and O–H groups in total. The fourth-order valence-corrected chi connectivity index (χ4v) is 3.00. The number of rotatable bonds is 6. The van der Waals surface area contributed by atoms with Gasteiger partial charge in [-0.2, -0.15) is 0 Å². The summed E-state index contributed by atoms with van der Waals surface area (Å²) in [5.74, 6) is 0.549. The maximum absolute atomic E-state index is 12.2. The van der Waals surface area contributed by atoms with Crippen LogP contribution in [0.3, 0.4) is 0 Å². The first-order chi connectivity index (χ1) is 11.1. The van der Waals surface area contributed by atoms with Gasteiger partial charge >= 0.3 is 0 Å². The number of nitrogens with zero attached hydrogens (tertiary/aromatic N) is 3. The Morgan fingerprint density at radius 2 is 2.39 bits per heavy atom. The molecule has 3 rings (SSSR count). The Kier molecular flexibility index (Phi) is 4.68. The van der Waals surface area contributed by atoms with Crippen LogP contribution in [0.5, 0.6) is 0 Å². The number of amides is 1. The number of furan rings is 1. The summed E-state index contributed by atoms with van der Waals surface area (Å²) in [5.41, 5.74) is 0.162. The van der Waals surface area contributed by atoms with E-state index in [1.807, 2.05) is 6.07 Å². The molecule has 3 heterocycles. The number of carbonyl (C=O) groups excluding carboxylic acids is 1. The van der Waals surface area contributed by atoms with E-state index < -0.39 is 0 Å². The Bertz CT molecular complexity index is 570. The quantitative estimate of drug-likeness (QED) is 0.834. The lowest BCUT2D eigenvalue weighted by Gasteiger charge is -2.22. The maximum atomic E-state index is 12.2. The highest BCUT2D eigenvalue weighted by Gasteiger charge is 2.46. The standard InChI is InChI=1S/C16H24N4O3/c1-19(2)7-8-20-6-5-16(12-20)10-14(18-23-16)15(21)17-11-13-4-3-9-22-13/h3-4,9H,5-8,10-12H2,1-2H3,(H,17,21)/t16-/m1/s1. The first-order valence-electron chi connectivity index (χ1n) is 7.99. The molecule has 126 valence electrons. The average molecular weight is 320 g/mol. The van der Waals surface area contributed by atoms with E-state index in [-0.39, 0.29) is 11.5 Å². The van der Waals surface area contributed by atoms with Crippen LogP contribution in [0.1, 0.15) is 18.6 Å². The summed E-state index contributed by atoms with van der Waals surface area (Å²) in [6.45, 7) is 4.22. The smallest absolute Gasteiger partial charge is 0.269 e. The van der Waals surface area contributed by atoms with E-state index in [4.69, 9.17) is 9.25 Å². The van der Waals surface area contributed by atoms with Gasteiger partial charge in [0.15, 0.2) is 5.60 Å². The molecule has 7 nitrogen and oxygen atoms in total. The molecule has 1 spiro atoms. The topological polar surface area (TPSA) is 70.3 Å². The average Bonchev–Trinajstić information content (AvgIpc) is 3.25. The van der Waals surface area contributed by atoms with Crippen LogP contribution in [0, 0.1) is 0 Å². The number of carbonyl (C=O) groups is 1. The fourth-order valence-electron chi connectivity index (χ4n) is 3.00. The Morgan fingerprint density at radius 1 is 1.52 bits per heavy atom. The van der Waals surface area contributed by atoms with E-state index in [0.717, 1.165) is 38.4 Å². The van der Waals surface area contributed by atoms with Crippen molar-refractivity contribution in [2.45, 2.75) is 25.0 Å². The molecule has 0 radical (unpaired) electrons. The van der Waals surface area contributed by atoms with Gasteiger partial charge in [0.2, 0.25) is 0 Å². The lowest BCUT2D eigenvalue weighted by molar-refractivity contribution is -0.115. The van der Waals surface area contributed by atoms with Crippen LogP contribution in [0.15, 0.2) is 28.0 Å². The minimum absolute atomic E-state index is 0.176. The second kappa shape index (κ2) is 6.72. The van der Waals surface area contributed by atoms with Crippen molar-refractivity contribution in [1.82, 2.24) is 15.1 Å². The second-order valence-electron chi connectivity index (χ2n) is 6.58. The Hall–Kier alpha value is -1.86. The van der Waals surface area contributed by atoms with Gasteiger partial charge in [0.05, 0.1) is 12.8 Å². The minimum atomic E-state index is -0.316. The molecule has 2 aliphatic rings. The van der Waals surface area contributed by atoms with Crippen molar-refractivity contribution in [2.24, 2.45) is 5.16 Å². The third kappa shape index (κ3) is 3.92. The predicted molar refractivity (Wildman–Crippen MR) is 86.0 cm³/mol. The monoisotopic (exact) mass is 320 g/mol. The molecule has 1 aromatic rings. The van der Waals surface area contributed by atoms with E-state index in [0.29, 0.717) is 18.7 Å². The summed E-state index contributed by atoms with van der Waals surface area (Å²) in [4.78, 5) is 22.4. The Morgan fingerprint density at radius 3 is 3.13 bits per heavy atom. The summed E-state index contributed by atoms with van der Waals surface area (Å²) >= 11 is 0. The number of nitrogens with one attached hydrogen (secondary N) is 1. The highest BCUT2D eigenvalue weighted by Crippen LogP contribution is 2.33. The molecule has 1 fully saturated rings. The lowest BCUT2D eigenvalue weighted by Crippen LogP contribution is -2.38. The zero-order valence-corrected chi connectivity index (χ0v) is 13.7. The number of hydrogen-bond donors (Lipinski definition) is 1. The molecule has 0 aromatic carbocycles. The van der Waals surface area contributed by atoms with Gasteiger partial charge in [-0.05, 0) is 26.2 Å². The highest BCUT2D eigenvalue weighted by molar-refractivity contribution is 6.39. The van der Waals surface area contributed by atoms with Gasteiger partial charge in [0.1, 0.15) is 11.5 Å². The number of oxime groups is 1. The summed E-state index contributed by atoms with van der Waals surface area (Å²) in [6.07, 6.45) is 3.09. The van der Waals surface area contributed by atoms with Crippen LogP contribution in [0.2, 0.25) is 0 Å². The maximum Gasteiger partial charge on any atom is 0.269 e. The molecule has 2 aliphatic heterocycles. The van der Waals surface area contributed by atoms with Gasteiger partial charge in [-0.3, -0.25) is 9.69 Å². The van der Waals surface area contributed by atoms with Crippen LogP contribution < -0.4 is 5.32 Å². The van der Waals surface area contributed by atoms with E-state index in [9.17, 15) is 4.79 Å². The van der Waals surface area contributed by atoms with Gasteiger partial charge in [-0.25, -0.2) is 0 Å². The second-order valence-corrected chi connectivity index (χ2v) is 6.58. The van der Waals surface area contributed by atoms with Crippen molar-refractivity contribution in [3.05, 3.63) is 24.2 Å². The van der Waals surface area contributed by atoms with Gasteiger partial charge < -0.3 is 19.5 Å². The number of hydrogen-bond acceptors (Lipinski definition) is 6. The van der Waals surface area contributed by atoms with Crippen molar-refractivity contribution in [3.63, 3.8) is 0 Å². The molecule has 0 unspecified atom stereocenters. The SMILES string of the molecule is CN(C)CCN1CC[C@@]2(CC(C(=O)NCc3ccco3)=NO2)C1. The van der Waals surface area contributed by atoms with Gasteiger partial charge in [0.25, 0.3) is 5.91 Å². The van der Waals surface area contributed by atoms with Gasteiger partial charge in [0, 0.05) is 39.0 Å². The molecular formula is C16H24N4O3. The van der Waals surface area contributed by atoms with E-state index in [2.05, 4.69) is 34.4 Å². The molecular weight excluding hydrogens is 296 g/mol. The van der Waals surface area contributed by atoms with E-state index >= 15 is 0 Å². The molecule has 0 bridgehead atoms. The normalized spacial score (nSPS) is 24.2. The molecule has 1 amide bonds. The molecule has 1 saturated heterocycles. The van der Waals surface area contributed by atoms with Crippen LogP contribution >= 0.6 is 0 Å². The lowest BCUT2D eigenvalue weighted by atomic mass is 9.96. The fraction of sp³-hybridized carbons (Fsp3) is 0.625. The molecule has 1 aromatic heterocycles.